The summed E-state index contributed by atoms with van der Waals surface area (Å²) in [6, 6.07) is 17.1. The number of carbonyl (C=O) groups excluding carboxylic acids is 1. The normalized spacial score (nSPS) is 10.7. The van der Waals surface area contributed by atoms with Gasteiger partial charge in [0.05, 0.1) is 19.0 Å². The lowest BCUT2D eigenvalue weighted by Crippen LogP contribution is -2.14. The molecule has 146 valence electrons. The molecule has 7 nitrogen and oxygen atoms in total. The highest BCUT2D eigenvalue weighted by molar-refractivity contribution is 7.99. The van der Waals surface area contributed by atoms with E-state index in [4.69, 9.17) is 4.74 Å². The lowest BCUT2D eigenvalue weighted by Gasteiger charge is -2.06. The quantitative estimate of drug-likeness (QED) is 0.525. The number of benzene rings is 2. The van der Waals surface area contributed by atoms with Crippen molar-refractivity contribution in [2.75, 3.05) is 12.4 Å². The highest BCUT2D eigenvalue weighted by Crippen LogP contribution is 2.27. The molecule has 2 heterocycles. The molecule has 4 aromatic rings. The zero-order valence-electron chi connectivity index (χ0n) is 15.9. The van der Waals surface area contributed by atoms with Crippen LogP contribution in [0.3, 0.4) is 0 Å². The van der Waals surface area contributed by atoms with Crippen molar-refractivity contribution in [1.29, 1.82) is 0 Å². The van der Waals surface area contributed by atoms with Crippen LogP contribution in [0.2, 0.25) is 0 Å². The Balaban J connectivity index is 1.49. The molecule has 0 aliphatic rings. The Morgan fingerprint density at radius 3 is 2.52 bits per heavy atom. The molecule has 0 aliphatic heterocycles. The summed E-state index contributed by atoms with van der Waals surface area (Å²) in [5, 5.41) is 8.16. The lowest BCUT2D eigenvalue weighted by atomic mass is 10.3. The second-order valence-corrected chi connectivity index (χ2v) is 7.27. The number of hydrogen-bond donors (Lipinski definition) is 1. The van der Waals surface area contributed by atoms with Gasteiger partial charge >= 0.3 is 0 Å². The van der Waals surface area contributed by atoms with E-state index in [1.165, 1.54) is 7.11 Å². The van der Waals surface area contributed by atoms with Crippen molar-refractivity contribution in [1.82, 2.24) is 19.3 Å². The third-order valence-electron chi connectivity index (χ3n) is 4.23. The standard InChI is InChI=1S/C21H19N5O2S/c1-25-13-12-22-21(25)29-17-10-8-15(9-11-17)23-20(27)19-18(28-2)14-26(24-19)16-6-4-3-5-7-16/h3-14H,1-2H3,(H,23,27). The minimum atomic E-state index is -0.332. The number of aromatic nitrogens is 4. The molecule has 0 saturated heterocycles. The third-order valence-corrected chi connectivity index (χ3v) is 5.32. The number of anilines is 1. The Bertz CT molecular complexity index is 1120. The fourth-order valence-corrected chi connectivity index (χ4v) is 3.53. The fraction of sp³-hybridized carbons (Fsp3) is 0.0952. The summed E-state index contributed by atoms with van der Waals surface area (Å²) in [5.74, 6) is 0.0781. The predicted molar refractivity (Wildman–Crippen MR) is 112 cm³/mol. The second-order valence-electron chi connectivity index (χ2n) is 6.23. The summed E-state index contributed by atoms with van der Waals surface area (Å²) in [4.78, 5) is 18.1. The van der Waals surface area contributed by atoms with Crippen LogP contribution in [0.1, 0.15) is 10.5 Å². The number of para-hydroxylation sites is 1. The van der Waals surface area contributed by atoms with Crippen LogP contribution in [0.4, 0.5) is 5.69 Å². The third kappa shape index (κ3) is 4.17. The number of rotatable bonds is 6. The van der Waals surface area contributed by atoms with Gasteiger partial charge in [0.1, 0.15) is 0 Å². The van der Waals surface area contributed by atoms with Crippen molar-refractivity contribution in [3.05, 3.63) is 78.9 Å². The predicted octanol–water partition coefficient (Wildman–Crippen LogP) is 4.02. The first-order chi connectivity index (χ1) is 14.1. The first kappa shape index (κ1) is 18.8. The molecule has 0 bridgehead atoms. The Kier molecular flexibility index (Phi) is 5.35. The van der Waals surface area contributed by atoms with E-state index in [0.717, 1.165) is 15.7 Å². The van der Waals surface area contributed by atoms with E-state index in [2.05, 4.69) is 15.4 Å². The first-order valence-corrected chi connectivity index (χ1v) is 9.71. The number of nitrogens with one attached hydrogen (secondary N) is 1. The number of carbonyl (C=O) groups is 1. The van der Waals surface area contributed by atoms with Crippen molar-refractivity contribution in [2.45, 2.75) is 10.1 Å². The number of methoxy groups -OCH3 is 1. The summed E-state index contributed by atoms with van der Waals surface area (Å²) >= 11 is 1.56. The SMILES string of the molecule is COc1cn(-c2ccccc2)nc1C(=O)Nc1ccc(Sc2nccn2C)cc1. The van der Waals surface area contributed by atoms with Crippen molar-refractivity contribution < 1.29 is 9.53 Å². The minimum Gasteiger partial charge on any atom is -0.493 e. The maximum Gasteiger partial charge on any atom is 0.280 e. The van der Waals surface area contributed by atoms with E-state index in [0.29, 0.717) is 11.4 Å². The molecule has 29 heavy (non-hydrogen) atoms. The van der Waals surface area contributed by atoms with Gasteiger partial charge in [-0.1, -0.05) is 30.0 Å². The van der Waals surface area contributed by atoms with Gasteiger partial charge in [-0.3, -0.25) is 4.79 Å². The molecule has 2 aromatic carbocycles. The van der Waals surface area contributed by atoms with Crippen LogP contribution < -0.4 is 10.1 Å². The lowest BCUT2D eigenvalue weighted by molar-refractivity contribution is 0.101. The zero-order valence-corrected chi connectivity index (χ0v) is 16.8. The maximum absolute atomic E-state index is 12.7. The summed E-state index contributed by atoms with van der Waals surface area (Å²) in [7, 11) is 3.47. The smallest absolute Gasteiger partial charge is 0.280 e. The molecule has 0 spiro atoms. The Morgan fingerprint density at radius 1 is 1.10 bits per heavy atom. The number of hydrogen-bond acceptors (Lipinski definition) is 5. The molecular formula is C21H19N5O2S. The highest BCUT2D eigenvalue weighted by atomic mass is 32.2. The average molecular weight is 405 g/mol. The van der Waals surface area contributed by atoms with E-state index >= 15 is 0 Å². The van der Waals surface area contributed by atoms with E-state index < -0.39 is 0 Å². The van der Waals surface area contributed by atoms with Crippen LogP contribution in [-0.4, -0.2) is 32.3 Å². The van der Waals surface area contributed by atoms with Crippen LogP contribution in [0.25, 0.3) is 5.69 Å². The van der Waals surface area contributed by atoms with Crippen LogP contribution in [-0.2, 0) is 7.05 Å². The Morgan fingerprint density at radius 2 is 1.86 bits per heavy atom. The van der Waals surface area contributed by atoms with Gasteiger partial charge in [-0.15, -0.1) is 0 Å². The second kappa shape index (κ2) is 8.24. The van der Waals surface area contributed by atoms with Crippen molar-refractivity contribution in [3.63, 3.8) is 0 Å². The molecule has 0 fully saturated rings. The van der Waals surface area contributed by atoms with Gasteiger partial charge in [-0.2, -0.15) is 5.10 Å². The molecule has 4 rings (SSSR count). The number of amides is 1. The first-order valence-electron chi connectivity index (χ1n) is 8.90. The monoisotopic (exact) mass is 405 g/mol. The fourth-order valence-electron chi connectivity index (χ4n) is 2.73. The van der Waals surface area contributed by atoms with Gasteiger partial charge < -0.3 is 14.6 Å². The Hall–Kier alpha value is -3.52. The Labute approximate surface area is 172 Å². The highest BCUT2D eigenvalue weighted by Gasteiger charge is 2.18. The van der Waals surface area contributed by atoms with Gasteiger partial charge in [-0.05, 0) is 36.4 Å². The van der Waals surface area contributed by atoms with Gasteiger partial charge in [0, 0.05) is 30.0 Å². The van der Waals surface area contributed by atoms with Crippen molar-refractivity contribution in [3.8, 4) is 11.4 Å². The summed E-state index contributed by atoms with van der Waals surface area (Å²) < 4.78 is 8.92. The average Bonchev–Trinajstić information content (AvgIpc) is 3.36. The summed E-state index contributed by atoms with van der Waals surface area (Å²) in [6.07, 6.45) is 5.36. The molecule has 1 N–H and O–H groups in total. The maximum atomic E-state index is 12.7. The van der Waals surface area contributed by atoms with Crippen LogP contribution in [0.5, 0.6) is 5.75 Å². The molecule has 0 saturated carbocycles. The van der Waals surface area contributed by atoms with Crippen LogP contribution in [0.15, 0.2) is 83.2 Å². The topological polar surface area (TPSA) is 74.0 Å². The van der Waals surface area contributed by atoms with Gasteiger partial charge in [0.15, 0.2) is 16.6 Å². The van der Waals surface area contributed by atoms with E-state index in [1.54, 1.807) is 28.8 Å². The van der Waals surface area contributed by atoms with Crippen molar-refractivity contribution in [2.24, 2.45) is 7.05 Å². The summed E-state index contributed by atoms with van der Waals surface area (Å²) in [5.41, 5.74) is 1.75. The molecule has 0 radical (unpaired) electrons. The molecule has 8 heteroatoms. The van der Waals surface area contributed by atoms with Crippen LogP contribution in [0, 0.1) is 0 Å². The molecule has 0 aliphatic carbocycles. The van der Waals surface area contributed by atoms with Gasteiger partial charge in [0.2, 0.25) is 0 Å². The summed E-state index contributed by atoms with van der Waals surface area (Å²) in [6.45, 7) is 0. The largest absolute Gasteiger partial charge is 0.493 e. The van der Waals surface area contributed by atoms with E-state index in [1.807, 2.05) is 72.4 Å². The van der Waals surface area contributed by atoms with E-state index in [-0.39, 0.29) is 11.6 Å². The number of aryl methyl sites for hydroxylation is 1. The molecule has 1 amide bonds. The number of nitrogens with zero attached hydrogens (tertiary/aromatic N) is 4. The zero-order chi connectivity index (χ0) is 20.2. The molecule has 2 aromatic heterocycles. The van der Waals surface area contributed by atoms with Gasteiger partial charge in [-0.25, -0.2) is 9.67 Å². The molecule has 0 unspecified atom stereocenters. The van der Waals surface area contributed by atoms with Gasteiger partial charge in [0.25, 0.3) is 5.91 Å². The minimum absolute atomic E-state index is 0.225. The number of imidazole rings is 1. The van der Waals surface area contributed by atoms with Crippen molar-refractivity contribution >= 4 is 23.4 Å². The van der Waals surface area contributed by atoms with Crippen LogP contribution >= 0.6 is 11.8 Å². The van der Waals surface area contributed by atoms with E-state index in [9.17, 15) is 4.79 Å². The number of ether oxygens (including phenoxy) is 1. The molecule has 0 atom stereocenters. The molecular weight excluding hydrogens is 386 g/mol.